The third-order valence-corrected chi connectivity index (χ3v) is 3.53. The molecule has 0 amide bonds. The van der Waals surface area contributed by atoms with Crippen LogP contribution in [0.4, 0.5) is 0 Å². The topological polar surface area (TPSA) is 21.3 Å². The third-order valence-electron chi connectivity index (χ3n) is 3.53. The minimum absolute atomic E-state index is 0.785. The molecule has 2 fully saturated rings. The molecule has 0 aromatic heterocycles. The molecule has 0 aromatic rings. The lowest BCUT2D eigenvalue weighted by atomic mass is 9.83. The highest BCUT2D eigenvalue weighted by molar-refractivity contribution is 4.83. The van der Waals surface area contributed by atoms with E-state index in [4.69, 9.17) is 4.74 Å². The predicted molar refractivity (Wildman–Crippen MR) is 53.7 cm³/mol. The Balaban J connectivity index is 1.83. The quantitative estimate of drug-likeness (QED) is 0.669. The van der Waals surface area contributed by atoms with Gasteiger partial charge in [-0.1, -0.05) is 6.92 Å². The van der Waals surface area contributed by atoms with Crippen LogP contribution in [0.2, 0.25) is 0 Å². The molecule has 2 heteroatoms. The molecule has 2 rings (SSSR count). The molecule has 13 heavy (non-hydrogen) atoms. The zero-order chi connectivity index (χ0) is 9.10. The van der Waals surface area contributed by atoms with Crippen LogP contribution in [0.25, 0.3) is 0 Å². The molecule has 1 N–H and O–H groups in total. The lowest BCUT2D eigenvalue weighted by Crippen LogP contribution is -2.44. The molecule has 0 saturated carbocycles. The second-order valence-electron chi connectivity index (χ2n) is 4.64. The largest absolute Gasteiger partial charge is 0.381 e. The van der Waals surface area contributed by atoms with Gasteiger partial charge in [-0.2, -0.15) is 0 Å². The Morgan fingerprint density at radius 3 is 2.62 bits per heavy atom. The van der Waals surface area contributed by atoms with Gasteiger partial charge in [0.25, 0.3) is 0 Å². The van der Waals surface area contributed by atoms with Crippen LogP contribution in [-0.4, -0.2) is 25.8 Å². The lowest BCUT2D eigenvalue weighted by Gasteiger charge is -2.36. The van der Waals surface area contributed by atoms with Crippen molar-refractivity contribution in [2.24, 2.45) is 11.8 Å². The molecular weight excluding hydrogens is 162 g/mol. The molecule has 0 bridgehead atoms. The maximum absolute atomic E-state index is 5.39. The highest BCUT2D eigenvalue weighted by Crippen LogP contribution is 2.26. The monoisotopic (exact) mass is 183 g/mol. The first kappa shape index (κ1) is 9.47. The number of ether oxygens (including phenoxy) is 1. The van der Waals surface area contributed by atoms with Crippen LogP contribution in [0.3, 0.4) is 0 Å². The van der Waals surface area contributed by atoms with Crippen molar-refractivity contribution >= 4 is 0 Å². The average Bonchev–Trinajstić information content (AvgIpc) is 2.19. The third kappa shape index (κ3) is 2.44. The Hall–Kier alpha value is -0.0800. The summed E-state index contributed by atoms with van der Waals surface area (Å²) in [5, 5.41) is 3.66. The Morgan fingerprint density at radius 1 is 1.15 bits per heavy atom. The van der Waals surface area contributed by atoms with Crippen molar-refractivity contribution in [2.45, 2.75) is 38.6 Å². The van der Waals surface area contributed by atoms with Gasteiger partial charge in [0.05, 0.1) is 0 Å². The first-order chi connectivity index (χ1) is 6.36. The van der Waals surface area contributed by atoms with E-state index in [1.54, 1.807) is 0 Å². The number of nitrogens with one attached hydrogen (secondary N) is 1. The number of rotatable bonds is 1. The molecule has 2 atom stereocenters. The summed E-state index contributed by atoms with van der Waals surface area (Å²) in [6, 6.07) is 0.785. The van der Waals surface area contributed by atoms with E-state index in [-0.39, 0.29) is 0 Å². The number of hydrogen-bond acceptors (Lipinski definition) is 2. The van der Waals surface area contributed by atoms with Gasteiger partial charge >= 0.3 is 0 Å². The Kier molecular flexibility index (Phi) is 3.23. The van der Waals surface area contributed by atoms with Crippen molar-refractivity contribution in [3.05, 3.63) is 0 Å². The fraction of sp³-hybridized carbons (Fsp3) is 1.00. The van der Waals surface area contributed by atoms with E-state index in [2.05, 4.69) is 12.2 Å². The van der Waals surface area contributed by atoms with Gasteiger partial charge in [0.2, 0.25) is 0 Å². The number of hydrogen-bond donors (Lipinski definition) is 1. The van der Waals surface area contributed by atoms with Gasteiger partial charge in [-0.05, 0) is 44.1 Å². The van der Waals surface area contributed by atoms with Crippen LogP contribution >= 0.6 is 0 Å². The van der Waals surface area contributed by atoms with Gasteiger partial charge in [-0.25, -0.2) is 0 Å². The number of piperidine rings is 1. The molecule has 0 aliphatic carbocycles. The maximum Gasteiger partial charge on any atom is 0.0469 e. The molecule has 2 unspecified atom stereocenters. The highest BCUT2D eigenvalue weighted by atomic mass is 16.5. The average molecular weight is 183 g/mol. The van der Waals surface area contributed by atoms with Crippen molar-refractivity contribution in [2.75, 3.05) is 19.8 Å². The van der Waals surface area contributed by atoms with Crippen molar-refractivity contribution in [1.82, 2.24) is 5.32 Å². The molecule has 2 nitrogen and oxygen atoms in total. The fourth-order valence-electron chi connectivity index (χ4n) is 2.63. The second-order valence-corrected chi connectivity index (χ2v) is 4.64. The van der Waals surface area contributed by atoms with Crippen molar-refractivity contribution < 1.29 is 4.74 Å². The Morgan fingerprint density at radius 2 is 1.92 bits per heavy atom. The molecule has 0 spiro atoms. The van der Waals surface area contributed by atoms with E-state index in [1.165, 1.54) is 32.2 Å². The first-order valence-corrected chi connectivity index (χ1v) is 5.67. The van der Waals surface area contributed by atoms with E-state index in [0.29, 0.717) is 0 Å². The summed E-state index contributed by atoms with van der Waals surface area (Å²) in [7, 11) is 0. The van der Waals surface area contributed by atoms with Crippen molar-refractivity contribution in [3.8, 4) is 0 Å². The minimum atomic E-state index is 0.785. The summed E-state index contributed by atoms with van der Waals surface area (Å²) in [4.78, 5) is 0. The lowest BCUT2D eigenvalue weighted by molar-refractivity contribution is 0.0467. The molecule has 0 aromatic carbocycles. The van der Waals surface area contributed by atoms with Crippen LogP contribution < -0.4 is 5.32 Å². The van der Waals surface area contributed by atoms with E-state index in [9.17, 15) is 0 Å². The minimum Gasteiger partial charge on any atom is -0.381 e. The molecule has 2 heterocycles. The molecule has 2 saturated heterocycles. The van der Waals surface area contributed by atoms with E-state index in [1.807, 2.05) is 0 Å². The van der Waals surface area contributed by atoms with E-state index >= 15 is 0 Å². The molecule has 76 valence electrons. The molecule has 2 aliphatic heterocycles. The molecule has 2 aliphatic rings. The summed E-state index contributed by atoms with van der Waals surface area (Å²) in [5.41, 5.74) is 0. The smallest absolute Gasteiger partial charge is 0.0469 e. The van der Waals surface area contributed by atoms with Gasteiger partial charge in [0, 0.05) is 19.3 Å². The fourth-order valence-corrected chi connectivity index (χ4v) is 2.63. The van der Waals surface area contributed by atoms with E-state index < -0.39 is 0 Å². The maximum atomic E-state index is 5.39. The summed E-state index contributed by atoms with van der Waals surface area (Å²) in [6.45, 7) is 5.57. The zero-order valence-corrected chi connectivity index (χ0v) is 8.59. The van der Waals surface area contributed by atoms with Crippen LogP contribution in [0.1, 0.15) is 32.6 Å². The van der Waals surface area contributed by atoms with Gasteiger partial charge in [-0.3, -0.25) is 0 Å². The van der Waals surface area contributed by atoms with Crippen LogP contribution in [-0.2, 0) is 4.74 Å². The van der Waals surface area contributed by atoms with Gasteiger partial charge in [0.15, 0.2) is 0 Å². The zero-order valence-electron chi connectivity index (χ0n) is 8.59. The summed E-state index contributed by atoms with van der Waals surface area (Å²) < 4.78 is 5.39. The Bertz CT molecular complexity index is 154. The molecule has 0 radical (unpaired) electrons. The van der Waals surface area contributed by atoms with Gasteiger partial charge < -0.3 is 10.1 Å². The van der Waals surface area contributed by atoms with Crippen LogP contribution in [0.15, 0.2) is 0 Å². The van der Waals surface area contributed by atoms with Crippen LogP contribution in [0, 0.1) is 11.8 Å². The van der Waals surface area contributed by atoms with Crippen molar-refractivity contribution in [1.29, 1.82) is 0 Å². The first-order valence-electron chi connectivity index (χ1n) is 5.67. The van der Waals surface area contributed by atoms with Crippen LogP contribution in [0.5, 0.6) is 0 Å². The molecular formula is C11H21NO. The Labute approximate surface area is 81.0 Å². The normalized spacial score (nSPS) is 37.6. The summed E-state index contributed by atoms with van der Waals surface area (Å²) in [5.74, 6) is 1.81. The summed E-state index contributed by atoms with van der Waals surface area (Å²) >= 11 is 0. The summed E-state index contributed by atoms with van der Waals surface area (Å²) in [6.07, 6.45) is 5.28. The highest BCUT2D eigenvalue weighted by Gasteiger charge is 2.27. The standard InChI is InChI=1S/C11H21NO/c1-9-2-5-12-11(8-9)10-3-6-13-7-4-10/h9-12H,2-8H2,1H3. The second kappa shape index (κ2) is 4.43. The van der Waals surface area contributed by atoms with E-state index in [0.717, 1.165) is 31.1 Å². The predicted octanol–water partition coefficient (Wildman–Crippen LogP) is 1.80. The van der Waals surface area contributed by atoms with Gasteiger partial charge in [-0.15, -0.1) is 0 Å². The van der Waals surface area contributed by atoms with Gasteiger partial charge in [0.1, 0.15) is 0 Å². The SMILES string of the molecule is CC1CCNC(C2CCOCC2)C1. The van der Waals surface area contributed by atoms with Crippen molar-refractivity contribution in [3.63, 3.8) is 0 Å².